The van der Waals surface area contributed by atoms with E-state index in [1.165, 1.54) is 36.7 Å². The molecule has 1 saturated carbocycles. The average Bonchev–Trinajstić information content (AvgIpc) is 3.63. The lowest BCUT2D eigenvalue weighted by molar-refractivity contribution is -0.385. The van der Waals surface area contributed by atoms with E-state index in [2.05, 4.69) is 30.9 Å². The van der Waals surface area contributed by atoms with Gasteiger partial charge in [0, 0.05) is 30.6 Å². The highest BCUT2D eigenvalue weighted by Gasteiger charge is 2.38. The predicted molar refractivity (Wildman–Crippen MR) is 115 cm³/mol. The van der Waals surface area contributed by atoms with Crippen molar-refractivity contribution >= 4 is 33.2 Å². The van der Waals surface area contributed by atoms with Gasteiger partial charge in [-0.15, -0.1) is 0 Å². The number of carbonyl (C=O) groups excluding carboxylic acids is 1. The fourth-order valence-electron chi connectivity index (χ4n) is 3.24. The Morgan fingerprint density at radius 2 is 1.88 bits per heavy atom. The van der Waals surface area contributed by atoms with Crippen LogP contribution in [0, 0.1) is 10.1 Å². The molecule has 0 atom stereocenters. The Hall–Kier alpha value is -3.41. The Balaban J connectivity index is 1.77. The van der Waals surface area contributed by atoms with Crippen LogP contribution in [0.2, 0.25) is 0 Å². The molecule has 0 saturated heterocycles. The van der Waals surface area contributed by atoms with Gasteiger partial charge in [-0.2, -0.15) is 13.2 Å². The molecule has 0 aliphatic heterocycles. The highest BCUT2D eigenvalue weighted by molar-refractivity contribution is 9.10. The number of nitro benzene ring substituents is 1. The molecule has 1 aliphatic carbocycles. The zero-order valence-corrected chi connectivity index (χ0v) is 18.4. The summed E-state index contributed by atoms with van der Waals surface area (Å²) in [5.41, 5.74) is -1.76. The molecular formula is C21H15BrF3N5O3. The van der Waals surface area contributed by atoms with Crippen LogP contribution >= 0.6 is 15.9 Å². The van der Waals surface area contributed by atoms with Crippen molar-refractivity contribution in [2.75, 3.05) is 4.90 Å². The Morgan fingerprint density at radius 3 is 2.48 bits per heavy atom. The van der Waals surface area contributed by atoms with Crippen molar-refractivity contribution in [2.24, 2.45) is 0 Å². The summed E-state index contributed by atoms with van der Waals surface area (Å²) in [4.78, 5) is 36.6. The first-order chi connectivity index (χ1) is 15.6. The largest absolute Gasteiger partial charge is 0.435 e. The number of carbonyl (C=O) groups is 1. The third-order valence-corrected chi connectivity index (χ3v) is 5.67. The fourth-order valence-corrected chi connectivity index (χ4v) is 3.63. The van der Waals surface area contributed by atoms with E-state index in [9.17, 15) is 28.1 Å². The molecule has 3 aromatic rings. The monoisotopic (exact) mass is 521 g/mol. The lowest BCUT2D eigenvalue weighted by Crippen LogP contribution is -2.33. The van der Waals surface area contributed by atoms with Gasteiger partial charge in [0.1, 0.15) is 5.82 Å². The molecule has 1 amide bonds. The van der Waals surface area contributed by atoms with Gasteiger partial charge in [-0.05, 0) is 52.5 Å². The van der Waals surface area contributed by atoms with Crippen molar-refractivity contribution in [1.82, 2.24) is 15.0 Å². The van der Waals surface area contributed by atoms with Crippen LogP contribution in [-0.4, -0.2) is 25.8 Å². The number of amides is 1. The first-order valence-electron chi connectivity index (χ1n) is 9.74. The number of hydrogen-bond acceptors (Lipinski definition) is 6. The first-order valence-corrected chi connectivity index (χ1v) is 10.5. The number of anilines is 1. The second-order valence-corrected chi connectivity index (χ2v) is 8.26. The van der Waals surface area contributed by atoms with Crippen molar-refractivity contribution in [3.8, 4) is 0 Å². The minimum atomic E-state index is -4.83. The first kappa shape index (κ1) is 22.8. The Labute approximate surface area is 193 Å². The third-order valence-electron chi connectivity index (χ3n) is 5.00. The van der Waals surface area contributed by atoms with Crippen molar-refractivity contribution in [1.29, 1.82) is 0 Å². The smallest absolute Gasteiger partial charge is 0.302 e. The predicted octanol–water partition coefficient (Wildman–Crippen LogP) is 5.29. The zero-order chi connectivity index (χ0) is 23.8. The summed E-state index contributed by atoms with van der Waals surface area (Å²) in [6.07, 6.45) is 0.617. The standard InChI is InChI=1S/C21H15BrF3N5O3/c22-15-6-3-12(8-17(15)30(32)33)11-29(16-2-1-7-26-18(16)21(23,24)25)20(31)14-9-27-19(28-10-14)13-4-5-13/h1-3,6-10,13H,4-5,11H2. The maximum atomic E-state index is 13.7. The molecule has 1 fully saturated rings. The summed E-state index contributed by atoms with van der Waals surface area (Å²) in [6.45, 7) is -0.369. The molecule has 170 valence electrons. The molecule has 8 nitrogen and oxygen atoms in total. The van der Waals surface area contributed by atoms with Gasteiger partial charge < -0.3 is 4.90 Å². The van der Waals surface area contributed by atoms with Crippen LogP contribution in [0.25, 0.3) is 0 Å². The van der Waals surface area contributed by atoms with Crippen LogP contribution in [-0.2, 0) is 12.7 Å². The number of hydrogen-bond donors (Lipinski definition) is 0. The molecule has 0 bridgehead atoms. The highest BCUT2D eigenvalue weighted by Crippen LogP contribution is 2.38. The molecule has 0 spiro atoms. The van der Waals surface area contributed by atoms with Crippen LogP contribution < -0.4 is 4.90 Å². The normalized spacial score (nSPS) is 13.6. The van der Waals surface area contributed by atoms with Crippen molar-refractivity contribution in [3.05, 3.63) is 86.2 Å². The number of aromatic nitrogens is 3. The maximum absolute atomic E-state index is 13.7. The molecular weight excluding hydrogens is 507 g/mol. The van der Waals surface area contributed by atoms with Crippen molar-refractivity contribution in [3.63, 3.8) is 0 Å². The van der Waals surface area contributed by atoms with E-state index in [0.717, 1.165) is 30.0 Å². The molecule has 12 heteroatoms. The molecule has 1 aromatic carbocycles. The summed E-state index contributed by atoms with van der Waals surface area (Å²) in [5, 5.41) is 11.3. The minimum absolute atomic E-state index is 0.0111. The number of rotatable bonds is 6. The molecule has 2 heterocycles. The van der Waals surface area contributed by atoms with Gasteiger partial charge in [-0.3, -0.25) is 14.9 Å². The van der Waals surface area contributed by atoms with E-state index >= 15 is 0 Å². The van der Waals surface area contributed by atoms with Gasteiger partial charge >= 0.3 is 6.18 Å². The fraction of sp³-hybridized carbons (Fsp3) is 0.238. The quantitative estimate of drug-likeness (QED) is 0.322. The highest BCUT2D eigenvalue weighted by atomic mass is 79.9. The third kappa shape index (κ3) is 5.00. The summed E-state index contributed by atoms with van der Waals surface area (Å²) in [6, 6.07) is 6.48. The molecule has 0 unspecified atom stereocenters. The van der Waals surface area contributed by atoms with E-state index in [-0.39, 0.29) is 33.7 Å². The molecule has 4 rings (SSSR count). The molecule has 2 aromatic heterocycles. The Kier molecular flexibility index (Phi) is 6.11. The van der Waals surface area contributed by atoms with Crippen LogP contribution in [0.3, 0.4) is 0 Å². The van der Waals surface area contributed by atoms with E-state index in [1.54, 1.807) is 0 Å². The van der Waals surface area contributed by atoms with Gasteiger partial charge in [0.25, 0.3) is 11.6 Å². The summed E-state index contributed by atoms with van der Waals surface area (Å²) in [7, 11) is 0. The zero-order valence-electron chi connectivity index (χ0n) is 16.8. The van der Waals surface area contributed by atoms with E-state index in [0.29, 0.717) is 5.82 Å². The van der Waals surface area contributed by atoms with E-state index in [4.69, 9.17) is 0 Å². The summed E-state index contributed by atoms with van der Waals surface area (Å²) in [5.74, 6) is 0.0316. The van der Waals surface area contributed by atoms with Gasteiger partial charge in [0.05, 0.1) is 27.2 Å². The van der Waals surface area contributed by atoms with Crippen LogP contribution in [0.5, 0.6) is 0 Å². The number of benzene rings is 1. The van der Waals surface area contributed by atoms with Crippen LogP contribution in [0.4, 0.5) is 24.5 Å². The van der Waals surface area contributed by atoms with Crippen molar-refractivity contribution in [2.45, 2.75) is 31.5 Å². The lowest BCUT2D eigenvalue weighted by Gasteiger charge is -2.25. The number of alkyl halides is 3. The Morgan fingerprint density at radius 1 is 1.18 bits per heavy atom. The second-order valence-electron chi connectivity index (χ2n) is 7.41. The molecule has 0 N–H and O–H groups in total. The minimum Gasteiger partial charge on any atom is -0.302 e. The topological polar surface area (TPSA) is 102 Å². The molecule has 1 aliphatic rings. The van der Waals surface area contributed by atoms with Gasteiger partial charge in [0.15, 0.2) is 5.69 Å². The number of nitro groups is 1. The van der Waals surface area contributed by atoms with E-state index in [1.807, 2.05) is 0 Å². The Bertz CT molecular complexity index is 1220. The SMILES string of the molecule is O=C(c1cnc(C2CC2)nc1)N(Cc1ccc(Br)c([N+](=O)[O-])c1)c1cccnc1C(F)(F)F. The van der Waals surface area contributed by atoms with Gasteiger partial charge in [0.2, 0.25) is 0 Å². The summed E-state index contributed by atoms with van der Waals surface area (Å²) < 4.78 is 41.2. The average molecular weight is 522 g/mol. The maximum Gasteiger partial charge on any atom is 0.435 e. The van der Waals surface area contributed by atoms with Crippen LogP contribution in [0.15, 0.2) is 53.4 Å². The van der Waals surface area contributed by atoms with E-state index < -0.39 is 28.4 Å². The molecule has 33 heavy (non-hydrogen) atoms. The number of pyridine rings is 1. The van der Waals surface area contributed by atoms with Crippen molar-refractivity contribution < 1.29 is 22.9 Å². The van der Waals surface area contributed by atoms with Gasteiger partial charge in [-0.1, -0.05) is 6.07 Å². The number of halogens is 4. The second kappa shape index (κ2) is 8.85. The van der Waals surface area contributed by atoms with Gasteiger partial charge in [-0.25, -0.2) is 15.0 Å². The lowest BCUT2D eigenvalue weighted by atomic mass is 10.1. The molecule has 0 radical (unpaired) electrons. The van der Waals surface area contributed by atoms with Crippen LogP contribution in [0.1, 0.15) is 46.2 Å². The number of nitrogens with zero attached hydrogens (tertiary/aromatic N) is 5. The summed E-state index contributed by atoms with van der Waals surface area (Å²) >= 11 is 3.07.